The first kappa shape index (κ1) is 19.2. The standard InChI is InChI=1S/C20H23N5O3/c1-3-14-28-17-9-7-16(8-10-17)15-23(2)19(26)21-11-13-25-20(27)24-12-5-4-6-18(24)22-25/h3-10,12H,1,11,13-15H2,2H3,(H,21,26). The Hall–Kier alpha value is -3.55. The van der Waals surface area contributed by atoms with Crippen LogP contribution in [0.3, 0.4) is 0 Å². The number of carbonyl (C=O) groups is 1. The molecule has 0 saturated heterocycles. The van der Waals surface area contributed by atoms with E-state index < -0.39 is 0 Å². The third-order valence-electron chi connectivity index (χ3n) is 4.15. The predicted octanol–water partition coefficient (Wildman–Crippen LogP) is 1.90. The first-order valence-corrected chi connectivity index (χ1v) is 8.94. The minimum absolute atomic E-state index is 0.219. The number of amides is 2. The number of nitrogens with one attached hydrogen (secondary N) is 1. The van der Waals surface area contributed by atoms with Crippen LogP contribution in [-0.4, -0.2) is 45.3 Å². The van der Waals surface area contributed by atoms with E-state index in [-0.39, 0.29) is 11.7 Å². The number of nitrogens with zero attached hydrogens (tertiary/aromatic N) is 4. The zero-order chi connectivity index (χ0) is 19.9. The quantitative estimate of drug-likeness (QED) is 0.605. The molecule has 8 nitrogen and oxygen atoms in total. The average molecular weight is 381 g/mol. The fourth-order valence-corrected chi connectivity index (χ4v) is 2.71. The smallest absolute Gasteiger partial charge is 0.350 e. The molecular weight excluding hydrogens is 358 g/mol. The minimum Gasteiger partial charge on any atom is -0.490 e. The van der Waals surface area contributed by atoms with Gasteiger partial charge >= 0.3 is 11.7 Å². The third kappa shape index (κ3) is 4.59. The molecule has 0 aliphatic rings. The number of fused-ring (bicyclic) bond motifs is 1. The molecule has 8 heteroatoms. The molecule has 1 N–H and O–H groups in total. The molecule has 2 aromatic heterocycles. The van der Waals surface area contributed by atoms with Crippen molar-refractivity contribution in [2.45, 2.75) is 13.1 Å². The number of benzene rings is 1. The normalized spacial score (nSPS) is 10.6. The van der Waals surface area contributed by atoms with Crippen LogP contribution in [0.25, 0.3) is 5.65 Å². The van der Waals surface area contributed by atoms with Gasteiger partial charge in [0.05, 0.1) is 6.54 Å². The lowest BCUT2D eigenvalue weighted by molar-refractivity contribution is 0.206. The summed E-state index contributed by atoms with van der Waals surface area (Å²) in [6, 6.07) is 12.7. The van der Waals surface area contributed by atoms with Crippen molar-refractivity contribution < 1.29 is 9.53 Å². The zero-order valence-electron chi connectivity index (χ0n) is 15.7. The largest absolute Gasteiger partial charge is 0.490 e. The highest BCUT2D eigenvalue weighted by molar-refractivity contribution is 5.73. The van der Waals surface area contributed by atoms with Crippen molar-refractivity contribution in [1.82, 2.24) is 24.4 Å². The lowest BCUT2D eigenvalue weighted by atomic mass is 10.2. The zero-order valence-corrected chi connectivity index (χ0v) is 15.7. The van der Waals surface area contributed by atoms with Crippen molar-refractivity contribution in [3.63, 3.8) is 0 Å². The van der Waals surface area contributed by atoms with Crippen LogP contribution in [0.15, 0.2) is 66.1 Å². The SMILES string of the molecule is C=CCOc1ccc(CN(C)C(=O)NCCn2nc3ccccn3c2=O)cc1. The maximum absolute atomic E-state index is 12.3. The number of ether oxygens (including phenoxy) is 1. The van der Waals surface area contributed by atoms with Crippen LogP contribution in [0.2, 0.25) is 0 Å². The second kappa shape index (κ2) is 8.90. The van der Waals surface area contributed by atoms with Gasteiger partial charge in [0.2, 0.25) is 0 Å². The Morgan fingerprint density at radius 1 is 1.29 bits per heavy atom. The van der Waals surface area contributed by atoms with E-state index in [0.29, 0.717) is 31.9 Å². The van der Waals surface area contributed by atoms with Crippen LogP contribution in [-0.2, 0) is 13.1 Å². The van der Waals surface area contributed by atoms with Crippen molar-refractivity contribution in [3.8, 4) is 5.75 Å². The molecule has 146 valence electrons. The monoisotopic (exact) mass is 381 g/mol. The fraction of sp³-hybridized carbons (Fsp3) is 0.250. The molecular formula is C20H23N5O3. The molecule has 0 saturated carbocycles. The highest BCUT2D eigenvalue weighted by atomic mass is 16.5. The Kier molecular flexibility index (Phi) is 6.11. The molecule has 1 aromatic carbocycles. The van der Waals surface area contributed by atoms with Crippen LogP contribution in [0.5, 0.6) is 5.75 Å². The van der Waals surface area contributed by atoms with Crippen LogP contribution in [0, 0.1) is 0 Å². The van der Waals surface area contributed by atoms with Crippen molar-refractivity contribution in [1.29, 1.82) is 0 Å². The highest BCUT2D eigenvalue weighted by Gasteiger charge is 2.10. The summed E-state index contributed by atoms with van der Waals surface area (Å²) in [6.45, 7) is 5.14. The van der Waals surface area contributed by atoms with Gasteiger partial charge in [0, 0.05) is 26.3 Å². The number of carbonyl (C=O) groups excluding carboxylic acids is 1. The molecule has 0 unspecified atom stereocenters. The van der Waals surface area contributed by atoms with E-state index in [4.69, 9.17) is 4.74 Å². The fourth-order valence-electron chi connectivity index (χ4n) is 2.71. The molecule has 0 atom stereocenters. The molecule has 0 spiro atoms. The van der Waals surface area contributed by atoms with Gasteiger partial charge in [-0.25, -0.2) is 14.3 Å². The summed E-state index contributed by atoms with van der Waals surface area (Å²) in [7, 11) is 1.72. The summed E-state index contributed by atoms with van der Waals surface area (Å²) in [4.78, 5) is 26.0. The molecule has 2 heterocycles. The van der Waals surface area contributed by atoms with E-state index in [0.717, 1.165) is 11.3 Å². The molecule has 28 heavy (non-hydrogen) atoms. The second-order valence-corrected chi connectivity index (χ2v) is 6.27. The number of hydrogen-bond donors (Lipinski definition) is 1. The summed E-state index contributed by atoms with van der Waals surface area (Å²) in [5, 5.41) is 7.04. The Morgan fingerprint density at radius 2 is 2.07 bits per heavy atom. The Balaban J connectivity index is 1.49. The van der Waals surface area contributed by atoms with Gasteiger partial charge < -0.3 is 15.0 Å². The average Bonchev–Trinajstić information content (AvgIpc) is 3.03. The number of pyridine rings is 1. The van der Waals surface area contributed by atoms with E-state index >= 15 is 0 Å². The topological polar surface area (TPSA) is 80.9 Å². The van der Waals surface area contributed by atoms with Gasteiger partial charge in [-0.15, -0.1) is 5.10 Å². The molecule has 3 rings (SSSR count). The molecule has 0 aliphatic heterocycles. The number of aromatic nitrogens is 3. The second-order valence-electron chi connectivity index (χ2n) is 6.27. The van der Waals surface area contributed by atoms with Crippen LogP contribution in [0.4, 0.5) is 4.79 Å². The first-order chi connectivity index (χ1) is 13.6. The molecule has 0 radical (unpaired) electrons. The Bertz CT molecular complexity index is 1010. The van der Waals surface area contributed by atoms with Gasteiger partial charge in [0.25, 0.3) is 0 Å². The molecule has 3 aromatic rings. The number of rotatable bonds is 8. The third-order valence-corrected chi connectivity index (χ3v) is 4.15. The van der Waals surface area contributed by atoms with Crippen molar-refractivity contribution >= 4 is 11.7 Å². The van der Waals surface area contributed by atoms with Gasteiger partial charge in [-0.1, -0.05) is 30.9 Å². The van der Waals surface area contributed by atoms with E-state index in [1.54, 1.807) is 36.4 Å². The molecule has 0 bridgehead atoms. The van der Waals surface area contributed by atoms with Crippen LogP contribution >= 0.6 is 0 Å². The summed E-state index contributed by atoms with van der Waals surface area (Å²) in [6.07, 6.45) is 3.35. The van der Waals surface area contributed by atoms with Gasteiger partial charge in [0.1, 0.15) is 12.4 Å². The summed E-state index contributed by atoms with van der Waals surface area (Å²) >= 11 is 0. The lowest BCUT2D eigenvalue weighted by Gasteiger charge is -2.18. The predicted molar refractivity (Wildman–Crippen MR) is 106 cm³/mol. The number of urea groups is 1. The number of hydrogen-bond acceptors (Lipinski definition) is 4. The van der Waals surface area contributed by atoms with Gasteiger partial charge in [-0.05, 0) is 29.8 Å². The van der Waals surface area contributed by atoms with Gasteiger partial charge in [-0.3, -0.25) is 4.40 Å². The van der Waals surface area contributed by atoms with Gasteiger partial charge in [-0.2, -0.15) is 0 Å². The lowest BCUT2D eigenvalue weighted by Crippen LogP contribution is -2.39. The first-order valence-electron chi connectivity index (χ1n) is 8.94. The minimum atomic E-state index is -0.225. The summed E-state index contributed by atoms with van der Waals surface area (Å²) in [5.74, 6) is 0.758. The summed E-state index contributed by atoms with van der Waals surface area (Å²) in [5.41, 5.74) is 1.34. The van der Waals surface area contributed by atoms with Crippen molar-refractivity contribution in [3.05, 3.63) is 77.4 Å². The molecule has 2 amide bonds. The molecule has 0 fully saturated rings. The van der Waals surface area contributed by atoms with Crippen LogP contribution in [0.1, 0.15) is 5.56 Å². The maximum Gasteiger partial charge on any atom is 0.350 e. The Morgan fingerprint density at radius 3 is 2.79 bits per heavy atom. The van der Waals surface area contributed by atoms with Crippen LogP contribution < -0.4 is 15.7 Å². The van der Waals surface area contributed by atoms with E-state index in [2.05, 4.69) is 17.0 Å². The van der Waals surface area contributed by atoms with Crippen molar-refractivity contribution in [2.75, 3.05) is 20.2 Å². The van der Waals surface area contributed by atoms with E-state index in [1.807, 2.05) is 30.3 Å². The van der Waals surface area contributed by atoms with E-state index in [9.17, 15) is 9.59 Å². The van der Waals surface area contributed by atoms with E-state index in [1.165, 1.54) is 9.08 Å². The molecule has 0 aliphatic carbocycles. The maximum atomic E-state index is 12.3. The van der Waals surface area contributed by atoms with Crippen molar-refractivity contribution in [2.24, 2.45) is 0 Å². The Labute approximate surface area is 162 Å². The summed E-state index contributed by atoms with van der Waals surface area (Å²) < 4.78 is 8.26. The highest BCUT2D eigenvalue weighted by Crippen LogP contribution is 2.13. The van der Waals surface area contributed by atoms with Gasteiger partial charge in [0.15, 0.2) is 5.65 Å².